The molecule has 0 saturated carbocycles. The Balaban J connectivity index is 3.15. The molecule has 1 aromatic rings. The van der Waals surface area contributed by atoms with E-state index in [-0.39, 0.29) is 5.69 Å². The highest BCUT2D eigenvalue weighted by atomic mass is 35.5. The van der Waals surface area contributed by atoms with E-state index in [1.807, 2.05) is 0 Å². The molecule has 0 atom stereocenters. The first-order valence-corrected chi connectivity index (χ1v) is 4.33. The Kier molecular flexibility index (Phi) is 3.62. The van der Waals surface area contributed by atoms with Crippen LogP contribution in [0.1, 0.15) is 5.56 Å². The number of halogens is 1. The van der Waals surface area contributed by atoms with Crippen molar-refractivity contribution in [2.45, 2.75) is 0 Å². The maximum atomic E-state index is 10.6. The van der Waals surface area contributed by atoms with Crippen LogP contribution in [0.25, 0.3) is 6.08 Å². The van der Waals surface area contributed by atoms with Gasteiger partial charge in [-0.1, -0.05) is 23.8 Å². The molecule has 0 aliphatic carbocycles. The molecule has 4 nitrogen and oxygen atoms in total. The molecule has 0 aromatic heterocycles. The maximum absolute atomic E-state index is 10.6. The Bertz CT molecular complexity index is 377. The second-order valence-electron chi connectivity index (χ2n) is 2.60. The molecule has 0 saturated heterocycles. The minimum absolute atomic E-state index is 0.0269. The third-order valence-corrected chi connectivity index (χ3v) is 1.85. The smallest absolute Gasteiger partial charge is 0.276 e. The quantitative estimate of drug-likeness (QED) is 0.617. The first kappa shape index (κ1) is 10.7. The predicted molar refractivity (Wildman–Crippen MR) is 56.2 cm³/mol. The van der Waals surface area contributed by atoms with Crippen molar-refractivity contribution < 1.29 is 4.92 Å². The molecule has 0 spiro atoms. The van der Waals surface area contributed by atoms with E-state index < -0.39 is 4.92 Å². The van der Waals surface area contributed by atoms with Crippen LogP contribution in [0.5, 0.6) is 0 Å². The van der Waals surface area contributed by atoms with Crippen LogP contribution in [0.15, 0.2) is 24.3 Å². The number of hydrogen-bond donors (Lipinski definition) is 1. The molecule has 0 amide bonds. The minimum atomic E-state index is -0.452. The Hall–Kier alpha value is -1.39. The van der Waals surface area contributed by atoms with E-state index in [1.165, 1.54) is 18.2 Å². The Morgan fingerprint density at radius 3 is 2.86 bits per heavy atom. The molecule has 14 heavy (non-hydrogen) atoms. The van der Waals surface area contributed by atoms with Gasteiger partial charge in [0.25, 0.3) is 5.69 Å². The highest BCUT2D eigenvalue weighted by molar-refractivity contribution is 6.30. The summed E-state index contributed by atoms with van der Waals surface area (Å²) >= 11 is 5.71. The molecule has 74 valence electrons. The molecule has 0 radical (unpaired) electrons. The van der Waals surface area contributed by atoms with E-state index in [9.17, 15) is 10.1 Å². The SMILES string of the molecule is NC/C=C/c1cc(Cl)ccc1[N+](=O)[O-]. The second-order valence-corrected chi connectivity index (χ2v) is 3.03. The summed E-state index contributed by atoms with van der Waals surface area (Å²) in [5.74, 6) is 0. The summed E-state index contributed by atoms with van der Waals surface area (Å²) in [4.78, 5) is 10.1. The van der Waals surface area contributed by atoms with E-state index in [1.54, 1.807) is 12.2 Å². The molecule has 5 heteroatoms. The third kappa shape index (κ3) is 2.55. The van der Waals surface area contributed by atoms with Crippen molar-refractivity contribution in [3.05, 3.63) is 45.0 Å². The molecule has 0 aliphatic heterocycles. The first-order valence-electron chi connectivity index (χ1n) is 3.95. The molecular formula is C9H9ClN2O2. The lowest BCUT2D eigenvalue weighted by Crippen LogP contribution is -1.94. The highest BCUT2D eigenvalue weighted by Crippen LogP contribution is 2.23. The monoisotopic (exact) mass is 212 g/mol. The lowest BCUT2D eigenvalue weighted by atomic mass is 10.1. The predicted octanol–water partition coefficient (Wildman–Crippen LogP) is 2.22. The molecule has 0 heterocycles. The van der Waals surface area contributed by atoms with Crippen LogP contribution in [0.4, 0.5) is 5.69 Å². The van der Waals surface area contributed by atoms with Gasteiger partial charge in [-0.15, -0.1) is 0 Å². The van der Waals surface area contributed by atoms with Gasteiger partial charge in [0.15, 0.2) is 0 Å². The summed E-state index contributed by atoms with van der Waals surface area (Å²) in [6.07, 6.45) is 3.22. The van der Waals surface area contributed by atoms with Crippen LogP contribution in [0, 0.1) is 10.1 Å². The van der Waals surface area contributed by atoms with Gasteiger partial charge in [-0.05, 0) is 12.1 Å². The lowest BCUT2D eigenvalue weighted by Gasteiger charge is -1.97. The van der Waals surface area contributed by atoms with Crippen molar-refractivity contribution in [2.75, 3.05) is 6.54 Å². The second kappa shape index (κ2) is 4.74. The molecule has 0 bridgehead atoms. The van der Waals surface area contributed by atoms with E-state index in [0.717, 1.165) is 0 Å². The van der Waals surface area contributed by atoms with Crippen LogP contribution in [0.2, 0.25) is 5.02 Å². The molecule has 0 aliphatic rings. The van der Waals surface area contributed by atoms with E-state index in [0.29, 0.717) is 17.1 Å². The summed E-state index contributed by atoms with van der Waals surface area (Å²) < 4.78 is 0. The molecule has 1 rings (SSSR count). The number of nitrogens with two attached hydrogens (primary N) is 1. The third-order valence-electron chi connectivity index (χ3n) is 1.62. The molecular weight excluding hydrogens is 204 g/mol. The van der Waals surface area contributed by atoms with Crippen LogP contribution >= 0.6 is 11.6 Å². The average Bonchev–Trinajstić information content (AvgIpc) is 2.14. The van der Waals surface area contributed by atoms with E-state index >= 15 is 0 Å². The molecule has 0 unspecified atom stereocenters. The van der Waals surface area contributed by atoms with Crippen molar-refractivity contribution in [2.24, 2.45) is 5.73 Å². The van der Waals surface area contributed by atoms with E-state index in [2.05, 4.69) is 0 Å². The molecule has 0 fully saturated rings. The summed E-state index contributed by atoms with van der Waals surface area (Å²) in [6, 6.07) is 4.39. The van der Waals surface area contributed by atoms with E-state index in [4.69, 9.17) is 17.3 Å². The van der Waals surface area contributed by atoms with Crippen molar-refractivity contribution in [3.8, 4) is 0 Å². The van der Waals surface area contributed by atoms with Crippen molar-refractivity contribution in [1.82, 2.24) is 0 Å². The maximum Gasteiger partial charge on any atom is 0.276 e. The summed E-state index contributed by atoms with van der Waals surface area (Å²) in [5, 5.41) is 11.1. The van der Waals surface area contributed by atoms with Gasteiger partial charge in [0.2, 0.25) is 0 Å². The van der Waals surface area contributed by atoms with Gasteiger partial charge in [-0.3, -0.25) is 10.1 Å². The van der Waals surface area contributed by atoms with Gasteiger partial charge in [0.1, 0.15) is 0 Å². The van der Waals surface area contributed by atoms with Crippen LogP contribution < -0.4 is 5.73 Å². The van der Waals surface area contributed by atoms with Crippen LogP contribution in [0.3, 0.4) is 0 Å². The van der Waals surface area contributed by atoms with Crippen molar-refractivity contribution in [3.63, 3.8) is 0 Å². The average molecular weight is 213 g/mol. The fourth-order valence-corrected chi connectivity index (χ4v) is 1.20. The van der Waals surface area contributed by atoms with Crippen LogP contribution in [-0.2, 0) is 0 Å². The minimum Gasteiger partial charge on any atom is -0.327 e. The normalized spacial score (nSPS) is 10.7. The first-order chi connectivity index (χ1) is 6.65. The summed E-state index contributed by atoms with van der Waals surface area (Å²) in [6.45, 7) is 0.337. The summed E-state index contributed by atoms with van der Waals surface area (Å²) in [7, 11) is 0. The van der Waals surface area contributed by atoms with Gasteiger partial charge >= 0.3 is 0 Å². The van der Waals surface area contributed by atoms with Gasteiger partial charge in [0, 0.05) is 17.6 Å². The van der Waals surface area contributed by atoms with Gasteiger partial charge in [-0.25, -0.2) is 0 Å². The lowest BCUT2D eigenvalue weighted by molar-refractivity contribution is -0.385. The Morgan fingerprint density at radius 1 is 1.57 bits per heavy atom. The number of hydrogen-bond acceptors (Lipinski definition) is 3. The summed E-state index contributed by atoms with van der Waals surface area (Å²) in [5.41, 5.74) is 5.74. The highest BCUT2D eigenvalue weighted by Gasteiger charge is 2.10. The van der Waals surface area contributed by atoms with Gasteiger partial charge in [-0.2, -0.15) is 0 Å². The zero-order valence-electron chi connectivity index (χ0n) is 7.31. The van der Waals surface area contributed by atoms with Crippen molar-refractivity contribution in [1.29, 1.82) is 0 Å². The fourth-order valence-electron chi connectivity index (χ4n) is 1.02. The zero-order chi connectivity index (χ0) is 10.6. The van der Waals surface area contributed by atoms with Gasteiger partial charge < -0.3 is 5.73 Å². The number of benzene rings is 1. The largest absolute Gasteiger partial charge is 0.327 e. The fraction of sp³-hybridized carbons (Fsp3) is 0.111. The standard InChI is InChI=1S/C9H9ClN2O2/c10-8-3-4-9(12(13)14)7(6-8)2-1-5-11/h1-4,6H,5,11H2/b2-1+. The molecule has 2 N–H and O–H groups in total. The zero-order valence-corrected chi connectivity index (χ0v) is 8.07. The number of nitro groups is 1. The van der Waals surface area contributed by atoms with Gasteiger partial charge in [0.05, 0.1) is 10.5 Å². The van der Waals surface area contributed by atoms with Crippen LogP contribution in [-0.4, -0.2) is 11.5 Å². The number of nitro benzene ring substituents is 1. The number of rotatable bonds is 3. The topological polar surface area (TPSA) is 69.2 Å². The number of nitrogens with zero attached hydrogens (tertiary/aromatic N) is 1. The Morgan fingerprint density at radius 2 is 2.29 bits per heavy atom. The van der Waals surface area contributed by atoms with Crippen molar-refractivity contribution >= 4 is 23.4 Å². The Labute approximate surface area is 86.1 Å². The molecule has 1 aromatic carbocycles.